The maximum Gasteiger partial charge on any atom is 0.223 e. The van der Waals surface area contributed by atoms with Crippen LogP contribution in [0.1, 0.15) is 22.8 Å². The largest absolute Gasteiger partial charge is 0.340 e. The van der Waals surface area contributed by atoms with E-state index in [2.05, 4.69) is 15.1 Å². The van der Waals surface area contributed by atoms with Crippen molar-refractivity contribution in [3.8, 4) is 0 Å². The molecular weight excluding hydrogens is 188 g/mol. The first kappa shape index (κ1) is 8.33. The third-order valence-corrected chi connectivity index (χ3v) is 2.40. The molecule has 0 bridgehead atoms. The molecule has 2 aromatic heterocycles. The van der Waals surface area contributed by atoms with Crippen LogP contribution in [-0.4, -0.2) is 15.1 Å². The lowest BCUT2D eigenvalue weighted by Gasteiger charge is -2.00. The molecule has 0 aliphatic heterocycles. The highest BCUT2D eigenvalue weighted by Gasteiger charge is 2.16. The van der Waals surface area contributed by atoms with Gasteiger partial charge in [0.15, 0.2) is 5.82 Å². The van der Waals surface area contributed by atoms with Gasteiger partial charge in [0.2, 0.25) is 5.89 Å². The van der Waals surface area contributed by atoms with Crippen molar-refractivity contribution in [2.24, 2.45) is 5.73 Å². The molecular formula is C7H8N4OS. The first-order valence-corrected chi connectivity index (χ1v) is 4.60. The van der Waals surface area contributed by atoms with Gasteiger partial charge in [-0.25, -0.2) is 4.98 Å². The fraction of sp³-hybridized carbons (Fsp3) is 0.286. The quantitative estimate of drug-likeness (QED) is 0.771. The Labute approximate surface area is 78.6 Å². The molecule has 2 aromatic rings. The van der Waals surface area contributed by atoms with Crippen molar-refractivity contribution in [1.29, 1.82) is 0 Å². The average molecular weight is 196 g/mol. The second-order valence-electron chi connectivity index (χ2n) is 2.52. The number of aromatic nitrogens is 3. The molecule has 0 saturated heterocycles. The zero-order chi connectivity index (χ0) is 9.26. The Kier molecular flexibility index (Phi) is 2.07. The van der Waals surface area contributed by atoms with Gasteiger partial charge in [0.1, 0.15) is 11.0 Å². The Morgan fingerprint density at radius 1 is 1.62 bits per heavy atom. The Morgan fingerprint density at radius 3 is 3.00 bits per heavy atom. The summed E-state index contributed by atoms with van der Waals surface area (Å²) in [5.41, 5.74) is 5.84. The van der Waals surface area contributed by atoms with E-state index in [1.54, 1.807) is 13.1 Å². The number of hydrogen-bond acceptors (Lipinski definition) is 6. The van der Waals surface area contributed by atoms with Gasteiger partial charge < -0.3 is 10.3 Å². The molecule has 0 aliphatic rings. The van der Waals surface area contributed by atoms with E-state index in [0.29, 0.717) is 11.7 Å². The Balaban J connectivity index is 2.28. The minimum atomic E-state index is -0.377. The SMILES string of the molecule is Cc1nc(C(N)c2nccs2)no1. The van der Waals surface area contributed by atoms with E-state index in [9.17, 15) is 0 Å². The smallest absolute Gasteiger partial charge is 0.223 e. The van der Waals surface area contributed by atoms with E-state index < -0.39 is 0 Å². The van der Waals surface area contributed by atoms with Crippen LogP contribution in [0, 0.1) is 6.92 Å². The predicted molar refractivity (Wildman–Crippen MR) is 47.2 cm³/mol. The van der Waals surface area contributed by atoms with Crippen LogP contribution in [0.2, 0.25) is 0 Å². The summed E-state index contributed by atoms with van der Waals surface area (Å²) in [6.45, 7) is 1.73. The van der Waals surface area contributed by atoms with E-state index in [-0.39, 0.29) is 6.04 Å². The molecule has 0 aromatic carbocycles. The molecule has 0 saturated carbocycles. The van der Waals surface area contributed by atoms with Gasteiger partial charge in [-0.2, -0.15) is 4.98 Å². The van der Waals surface area contributed by atoms with E-state index >= 15 is 0 Å². The standard InChI is InChI=1S/C7H8N4OS/c1-4-10-6(11-12-4)5(8)7-9-2-3-13-7/h2-3,5H,8H2,1H3. The summed E-state index contributed by atoms with van der Waals surface area (Å²) < 4.78 is 4.82. The normalized spacial score (nSPS) is 13.1. The Bertz CT molecular complexity index is 383. The van der Waals surface area contributed by atoms with Crippen LogP contribution in [0.25, 0.3) is 0 Å². The number of rotatable bonds is 2. The summed E-state index contributed by atoms with van der Waals surface area (Å²) in [6.07, 6.45) is 1.70. The van der Waals surface area contributed by atoms with Crippen molar-refractivity contribution in [3.63, 3.8) is 0 Å². The molecule has 1 atom stereocenters. The molecule has 13 heavy (non-hydrogen) atoms. The number of aryl methyl sites for hydroxylation is 1. The second-order valence-corrected chi connectivity index (χ2v) is 3.45. The average Bonchev–Trinajstić information content (AvgIpc) is 2.72. The maximum absolute atomic E-state index is 5.84. The minimum Gasteiger partial charge on any atom is -0.340 e. The zero-order valence-electron chi connectivity index (χ0n) is 6.97. The predicted octanol–water partition coefficient (Wildman–Crippen LogP) is 0.883. The van der Waals surface area contributed by atoms with Gasteiger partial charge in [-0.05, 0) is 0 Å². The van der Waals surface area contributed by atoms with Crippen LogP contribution in [0.4, 0.5) is 0 Å². The van der Waals surface area contributed by atoms with Gasteiger partial charge in [-0.15, -0.1) is 11.3 Å². The van der Waals surface area contributed by atoms with Gasteiger partial charge in [0, 0.05) is 18.5 Å². The zero-order valence-corrected chi connectivity index (χ0v) is 7.78. The molecule has 0 aliphatic carbocycles. The van der Waals surface area contributed by atoms with Crippen molar-refractivity contribution < 1.29 is 4.52 Å². The van der Waals surface area contributed by atoms with E-state index in [4.69, 9.17) is 10.3 Å². The van der Waals surface area contributed by atoms with Gasteiger partial charge in [0.25, 0.3) is 0 Å². The molecule has 0 spiro atoms. The fourth-order valence-corrected chi connectivity index (χ4v) is 1.57. The third kappa shape index (κ3) is 1.58. The Morgan fingerprint density at radius 2 is 2.46 bits per heavy atom. The van der Waals surface area contributed by atoms with Crippen molar-refractivity contribution in [3.05, 3.63) is 28.3 Å². The lowest BCUT2D eigenvalue weighted by atomic mass is 10.3. The highest BCUT2D eigenvalue weighted by atomic mass is 32.1. The van der Waals surface area contributed by atoms with Gasteiger partial charge in [0.05, 0.1) is 0 Å². The summed E-state index contributed by atoms with van der Waals surface area (Å²) in [5, 5.41) is 6.38. The summed E-state index contributed by atoms with van der Waals surface area (Å²) in [7, 11) is 0. The molecule has 2 heterocycles. The molecule has 0 radical (unpaired) electrons. The van der Waals surface area contributed by atoms with Crippen molar-refractivity contribution >= 4 is 11.3 Å². The molecule has 0 fully saturated rings. The molecule has 1 unspecified atom stereocenters. The minimum absolute atomic E-state index is 0.377. The number of thiazole rings is 1. The van der Waals surface area contributed by atoms with Crippen molar-refractivity contribution in [1.82, 2.24) is 15.1 Å². The molecule has 0 amide bonds. The van der Waals surface area contributed by atoms with Crippen molar-refractivity contribution in [2.75, 3.05) is 0 Å². The lowest BCUT2D eigenvalue weighted by Crippen LogP contribution is -2.13. The fourth-order valence-electron chi connectivity index (χ4n) is 0.940. The van der Waals surface area contributed by atoms with Gasteiger partial charge in [-0.3, -0.25) is 0 Å². The maximum atomic E-state index is 5.84. The summed E-state index contributed by atoms with van der Waals surface area (Å²) in [6, 6.07) is -0.377. The molecule has 2 N–H and O–H groups in total. The summed E-state index contributed by atoms with van der Waals surface area (Å²) in [4.78, 5) is 8.10. The van der Waals surface area contributed by atoms with Crippen LogP contribution in [0.15, 0.2) is 16.1 Å². The Hall–Kier alpha value is -1.27. The monoisotopic (exact) mass is 196 g/mol. The van der Waals surface area contributed by atoms with E-state index in [1.807, 2.05) is 5.38 Å². The van der Waals surface area contributed by atoms with E-state index in [0.717, 1.165) is 5.01 Å². The van der Waals surface area contributed by atoms with Crippen LogP contribution < -0.4 is 5.73 Å². The molecule has 5 nitrogen and oxygen atoms in total. The third-order valence-electron chi connectivity index (χ3n) is 1.54. The first-order valence-electron chi connectivity index (χ1n) is 3.72. The van der Waals surface area contributed by atoms with Crippen LogP contribution in [-0.2, 0) is 0 Å². The molecule has 6 heteroatoms. The van der Waals surface area contributed by atoms with Crippen LogP contribution >= 0.6 is 11.3 Å². The second kappa shape index (κ2) is 3.23. The lowest BCUT2D eigenvalue weighted by molar-refractivity contribution is 0.385. The number of hydrogen-bond donors (Lipinski definition) is 1. The molecule has 2 rings (SSSR count). The van der Waals surface area contributed by atoms with Crippen LogP contribution in [0.3, 0.4) is 0 Å². The number of nitrogens with two attached hydrogens (primary N) is 1. The number of nitrogens with zero attached hydrogens (tertiary/aromatic N) is 3. The summed E-state index contributed by atoms with van der Waals surface area (Å²) in [5.74, 6) is 0.995. The molecule has 68 valence electrons. The van der Waals surface area contributed by atoms with Gasteiger partial charge >= 0.3 is 0 Å². The van der Waals surface area contributed by atoms with Crippen LogP contribution in [0.5, 0.6) is 0 Å². The first-order chi connectivity index (χ1) is 6.27. The van der Waals surface area contributed by atoms with Crippen molar-refractivity contribution in [2.45, 2.75) is 13.0 Å². The summed E-state index contributed by atoms with van der Waals surface area (Å²) >= 11 is 1.48. The van der Waals surface area contributed by atoms with Gasteiger partial charge in [-0.1, -0.05) is 5.16 Å². The highest BCUT2D eigenvalue weighted by molar-refractivity contribution is 7.09. The highest BCUT2D eigenvalue weighted by Crippen LogP contribution is 2.18. The van der Waals surface area contributed by atoms with E-state index in [1.165, 1.54) is 11.3 Å². The topological polar surface area (TPSA) is 77.8 Å².